The van der Waals surface area contributed by atoms with Crippen molar-refractivity contribution in [3.63, 3.8) is 0 Å². The van der Waals surface area contributed by atoms with Gasteiger partial charge in [-0.25, -0.2) is 8.42 Å². The van der Waals surface area contributed by atoms with Crippen molar-refractivity contribution in [3.05, 3.63) is 51.3 Å². The summed E-state index contributed by atoms with van der Waals surface area (Å²) in [5.74, 6) is -0.303. The lowest BCUT2D eigenvalue weighted by atomic mass is 10.1. The minimum absolute atomic E-state index is 0.0877. The molecule has 0 bridgehead atoms. The molecule has 3 rings (SSSR count). The highest BCUT2D eigenvalue weighted by molar-refractivity contribution is 9.10. The van der Waals surface area contributed by atoms with Crippen LogP contribution in [0.3, 0.4) is 0 Å². The van der Waals surface area contributed by atoms with Crippen LogP contribution in [0.1, 0.15) is 39.0 Å². The van der Waals surface area contributed by atoms with Crippen LogP contribution in [0.2, 0.25) is 0 Å². The summed E-state index contributed by atoms with van der Waals surface area (Å²) in [4.78, 5) is 29.5. The Bertz CT molecular complexity index is 1040. The van der Waals surface area contributed by atoms with Crippen molar-refractivity contribution in [1.82, 2.24) is 14.2 Å². The maximum absolute atomic E-state index is 12.9. The topological polar surface area (TPSA) is 90.6 Å². The second-order valence-electron chi connectivity index (χ2n) is 6.83. The Morgan fingerprint density at radius 3 is 2.29 bits per heavy atom. The van der Waals surface area contributed by atoms with Crippen LogP contribution >= 0.6 is 15.9 Å². The number of aromatic amines is 1. The molecule has 1 saturated heterocycles. The molecule has 1 aliphatic heterocycles. The molecule has 1 aliphatic rings. The number of H-pyrrole nitrogens is 1. The number of aryl methyl sites for hydroxylation is 1. The molecule has 0 spiro atoms. The number of halogens is 1. The number of piperazine rings is 1. The van der Waals surface area contributed by atoms with E-state index < -0.39 is 10.0 Å². The molecule has 0 atom stereocenters. The molecule has 2 heterocycles. The number of sulfonamides is 1. The molecule has 0 unspecified atom stereocenters. The van der Waals surface area contributed by atoms with Gasteiger partial charge in [0.15, 0.2) is 5.78 Å². The molecule has 1 aromatic heterocycles. The lowest BCUT2D eigenvalue weighted by Gasteiger charge is -2.34. The molecule has 1 fully saturated rings. The van der Waals surface area contributed by atoms with Gasteiger partial charge in [0.05, 0.1) is 4.90 Å². The fraction of sp³-hybridized carbons (Fsp3) is 0.368. The van der Waals surface area contributed by atoms with E-state index in [1.54, 1.807) is 43.0 Å². The molecule has 0 aliphatic carbocycles. The van der Waals surface area contributed by atoms with Gasteiger partial charge in [0, 0.05) is 41.9 Å². The van der Waals surface area contributed by atoms with Gasteiger partial charge in [0.1, 0.15) is 5.69 Å². The van der Waals surface area contributed by atoms with Crippen LogP contribution < -0.4 is 0 Å². The summed E-state index contributed by atoms with van der Waals surface area (Å²) in [6.07, 6.45) is 0. The van der Waals surface area contributed by atoms with Crippen molar-refractivity contribution in [3.8, 4) is 0 Å². The zero-order valence-corrected chi connectivity index (χ0v) is 18.4. The number of carbonyl (C=O) groups is 2. The monoisotopic (exact) mass is 467 g/mol. The van der Waals surface area contributed by atoms with Crippen molar-refractivity contribution in [1.29, 1.82) is 0 Å². The number of hydrogen-bond acceptors (Lipinski definition) is 4. The third-order valence-corrected chi connectivity index (χ3v) is 7.35. The Morgan fingerprint density at radius 1 is 1.11 bits per heavy atom. The number of carbonyl (C=O) groups excluding carboxylic acids is 2. The first-order valence-corrected chi connectivity index (χ1v) is 11.1. The largest absolute Gasteiger partial charge is 0.354 e. The Kier molecular flexibility index (Phi) is 5.79. The first kappa shape index (κ1) is 20.8. The molecule has 150 valence electrons. The number of rotatable bonds is 4. The van der Waals surface area contributed by atoms with Crippen LogP contribution in [0.15, 0.2) is 33.6 Å². The molecule has 1 N–H and O–H groups in total. The predicted octanol–water partition coefficient (Wildman–Crippen LogP) is 2.74. The van der Waals surface area contributed by atoms with Gasteiger partial charge < -0.3 is 9.88 Å². The molecule has 0 radical (unpaired) electrons. The van der Waals surface area contributed by atoms with Gasteiger partial charge in [-0.15, -0.1) is 0 Å². The lowest BCUT2D eigenvalue weighted by molar-refractivity contribution is 0.0691. The van der Waals surface area contributed by atoms with E-state index in [9.17, 15) is 18.0 Å². The molecule has 1 aromatic carbocycles. The Hall–Kier alpha value is -1.97. The van der Waals surface area contributed by atoms with Crippen molar-refractivity contribution < 1.29 is 18.0 Å². The van der Waals surface area contributed by atoms with Gasteiger partial charge in [0.25, 0.3) is 5.91 Å². The smallest absolute Gasteiger partial charge is 0.270 e. The zero-order chi connectivity index (χ0) is 20.6. The number of nitrogens with zero attached hydrogens (tertiary/aromatic N) is 2. The van der Waals surface area contributed by atoms with Gasteiger partial charge in [-0.05, 0) is 44.5 Å². The Labute approximate surface area is 172 Å². The standard InChI is InChI=1S/C19H22BrN3O4S/c1-12-17(14(3)24)13(2)21-18(12)19(25)22-7-9-23(10-8-22)28(26,27)16-6-4-5-15(20)11-16/h4-6,11,21H,7-10H2,1-3H3. The van der Waals surface area contributed by atoms with E-state index in [0.29, 0.717) is 40.1 Å². The highest BCUT2D eigenvalue weighted by atomic mass is 79.9. The van der Waals surface area contributed by atoms with Crippen LogP contribution in [0.5, 0.6) is 0 Å². The van der Waals surface area contributed by atoms with E-state index in [-0.39, 0.29) is 29.7 Å². The van der Waals surface area contributed by atoms with Crippen molar-refractivity contribution in [2.24, 2.45) is 0 Å². The minimum atomic E-state index is -3.61. The first-order chi connectivity index (χ1) is 13.1. The minimum Gasteiger partial charge on any atom is -0.354 e. The van der Waals surface area contributed by atoms with Crippen LogP contribution in [0.4, 0.5) is 0 Å². The van der Waals surface area contributed by atoms with E-state index in [4.69, 9.17) is 0 Å². The Morgan fingerprint density at radius 2 is 1.75 bits per heavy atom. The first-order valence-electron chi connectivity index (χ1n) is 8.88. The third-order valence-electron chi connectivity index (χ3n) is 4.96. The summed E-state index contributed by atoms with van der Waals surface area (Å²) in [5.41, 5.74) is 2.24. The molecular weight excluding hydrogens is 446 g/mol. The number of nitrogens with one attached hydrogen (secondary N) is 1. The quantitative estimate of drug-likeness (QED) is 0.699. The van der Waals surface area contributed by atoms with Gasteiger partial charge in [-0.3, -0.25) is 9.59 Å². The number of hydrogen-bond donors (Lipinski definition) is 1. The average Bonchev–Trinajstić information content (AvgIpc) is 2.95. The highest BCUT2D eigenvalue weighted by Crippen LogP contribution is 2.23. The maximum atomic E-state index is 12.9. The van der Waals surface area contributed by atoms with E-state index >= 15 is 0 Å². The number of benzene rings is 1. The van der Waals surface area contributed by atoms with Crippen LogP contribution in [-0.2, 0) is 10.0 Å². The van der Waals surface area contributed by atoms with Crippen LogP contribution in [-0.4, -0.2) is 60.5 Å². The fourth-order valence-corrected chi connectivity index (χ4v) is 5.58. The summed E-state index contributed by atoms with van der Waals surface area (Å²) in [7, 11) is -3.61. The number of amides is 1. The molecule has 7 nitrogen and oxygen atoms in total. The predicted molar refractivity (Wildman–Crippen MR) is 109 cm³/mol. The second-order valence-corrected chi connectivity index (χ2v) is 9.69. The van der Waals surface area contributed by atoms with Gasteiger partial charge >= 0.3 is 0 Å². The van der Waals surface area contributed by atoms with E-state index in [2.05, 4.69) is 20.9 Å². The molecule has 0 saturated carbocycles. The average molecular weight is 468 g/mol. The molecule has 1 amide bonds. The lowest BCUT2D eigenvalue weighted by Crippen LogP contribution is -2.50. The third kappa shape index (κ3) is 3.78. The molecule has 2 aromatic rings. The van der Waals surface area contributed by atoms with Gasteiger partial charge in [-0.2, -0.15) is 4.31 Å². The van der Waals surface area contributed by atoms with Crippen LogP contribution in [0.25, 0.3) is 0 Å². The summed E-state index contributed by atoms with van der Waals surface area (Å²) >= 11 is 3.29. The fourth-order valence-electron chi connectivity index (χ4n) is 3.56. The summed E-state index contributed by atoms with van der Waals surface area (Å²) in [5, 5.41) is 0. The molecule has 9 heteroatoms. The number of Topliss-reactive ketones (excluding diaryl/α,β-unsaturated/α-hetero) is 1. The molecule has 28 heavy (non-hydrogen) atoms. The number of ketones is 1. The number of aromatic nitrogens is 1. The van der Waals surface area contributed by atoms with Crippen molar-refractivity contribution in [2.75, 3.05) is 26.2 Å². The summed E-state index contributed by atoms with van der Waals surface area (Å²) in [6.45, 7) is 6.02. The zero-order valence-electron chi connectivity index (χ0n) is 16.0. The van der Waals surface area contributed by atoms with E-state index in [0.717, 1.165) is 0 Å². The maximum Gasteiger partial charge on any atom is 0.270 e. The SMILES string of the molecule is CC(=O)c1c(C)[nH]c(C(=O)N2CCN(S(=O)(=O)c3cccc(Br)c3)CC2)c1C. The van der Waals surface area contributed by atoms with Crippen molar-refractivity contribution in [2.45, 2.75) is 25.7 Å². The molecular formula is C19H22BrN3O4S. The summed E-state index contributed by atoms with van der Waals surface area (Å²) in [6, 6.07) is 6.58. The Balaban J connectivity index is 1.75. The van der Waals surface area contributed by atoms with Crippen molar-refractivity contribution >= 4 is 37.6 Å². The van der Waals surface area contributed by atoms with Crippen LogP contribution in [0, 0.1) is 13.8 Å². The van der Waals surface area contributed by atoms with E-state index in [1.807, 2.05) is 0 Å². The van der Waals surface area contributed by atoms with Gasteiger partial charge in [0.2, 0.25) is 10.0 Å². The second kappa shape index (κ2) is 7.81. The van der Waals surface area contributed by atoms with E-state index in [1.165, 1.54) is 11.2 Å². The normalized spacial score (nSPS) is 15.6. The summed E-state index contributed by atoms with van der Waals surface area (Å²) < 4.78 is 27.7. The van der Waals surface area contributed by atoms with Gasteiger partial charge in [-0.1, -0.05) is 22.0 Å². The highest BCUT2D eigenvalue weighted by Gasteiger charge is 2.32.